The van der Waals surface area contributed by atoms with Crippen molar-refractivity contribution in [2.45, 2.75) is 6.29 Å². The molecule has 0 aliphatic heterocycles. The third-order valence-electron chi connectivity index (χ3n) is 1.78. The molecule has 0 aliphatic carbocycles. The summed E-state index contributed by atoms with van der Waals surface area (Å²) in [4.78, 5) is 3.94. The topological polar surface area (TPSA) is 69.4 Å². The van der Waals surface area contributed by atoms with Gasteiger partial charge in [0.2, 0.25) is 0 Å². The number of anilines is 2. The van der Waals surface area contributed by atoms with Crippen LogP contribution >= 0.6 is 0 Å². The largest absolute Gasteiger partial charge is 0.384 e. The normalized spacial score (nSPS) is 10.5. The molecule has 0 saturated carbocycles. The van der Waals surface area contributed by atoms with Crippen molar-refractivity contribution in [2.75, 3.05) is 31.8 Å². The van der Waals surface area contributed by atoms with Crippen LogP contribution in [0.3, 0.4) is 0 Å². The SMILES string of the molecule is COC(CNc1ccc(N)nc1)OC. The molecule has 1 heterocycles. The minimum Gasteiger partial charge on any atom is -0.384 e. The zero-order chi connectivity index (χ0) is 10.4. The van der Waals surface area contributed by atoms with Gasteiger partial charge in [-0.1, -0.05) is 0 Å². The monoisotopic (exact) mass is 197 g/mol. The predicted molar refractivity (Wildman–Crippen MR) is 54.9 cm³/mol. The van der Waals surface area contributed by atoms with Gasteiger partial charge in [0.05, 0.1) is 18.4 Å². The van der Waals surface area contributed by atoms with Crippen molar-refractivity contribution in [1.82, 2.24) is 4.98 Å². The number of nitrogens with two attached hydrogens (primary N) is 1. The molecule has 14 heavy (non-hydrogen) atoms. The van der Waals surface area contributed by atoms with E-state index in [9.17, 15) is 0 Å². The fraction of sp³-hybridized carbons (Fsp3) is 0.444. The third-order valence-corrected chi connectivity index (χ3v) is 1.78. The first-order valence-electron chi connectivity index (χ1n) is 4.27. The van der Waals surface area contributed by atoms with Crippen LogP contribution in [-0.2, 0) is 9.47 Å². The van der Waals surface area contributed by atoms with Gasteiger partial charge in [-0.2, -0.15) is 0 Å². The quantitative estimate of drug-likeness (QED) is 0.680. The Balaban J connectivity index is 2.41. The van der Waals surface area contributed by atoms with Gasteiger partial charge in [-0.25, -0.2) is 4.98 Å². The Bertz CT molecular complexity index is 259. The van der Waals surface area contributed by atoms with Crippen molar-refractivity contribution in [2.24, 2.45) is 0 Å². The molecule has 0 spiro atoms. The highest BCUT2D eigenvalue weighted by molar-refractivity contribution is 5.45. The molecule has 0 radical (unpaired) electrons. The summed E-state index contributed by atoms with van der Waals surface area (Å²) in [6, 6.07) is 3.58. The fourth-order valence-corrected chi connectivity index (χ4v) is 0.974. The van der Waals surface area contributed by atoms with E-state index < -0.39 is 0 Å². The van der Waals surface area contributed by atoms with Crippen molar-refractivity contribution in [3.8, 4) is 0 Å². The molecule has 0 amide bonds. The van der Waals surface area contributed by atoms with Gasteiger partial charge < -0.3 is 20.5 Å². The Morgan fingerprint density at radius 1 is 1.43 bits per heavy atom. The molecular formula is C9H15N3O2. The van der Waals surface area contributed by atoms with Gasteiger partial charge in [-0.05, 0) is 12.1 Å². The molecule has 0 saturated heterocycles. The van der Waals surface area contributed by atoms with E-state index in [1.54, 1.807) is 26.5 Å². The smallest absolute Gasteiger partial charge is 0.173 e. The summed E-state index contributed by atoms with van der Waals surface area (Å²) in [6.07, 6.45) is 1.41. The number of ether oxygens (including phenoxy) is 2. The van der Waals surface area contributed by atoms with Gasteiger partial charge in [0.1, 0.15) is 5.82 Å². The van der Waals surface area contributed by atoms with Crippen molar-refractivity contribution < 1.29 is 9.47 Å². The molecule has 0 bridgehead atoms. The highest BCUT2D eigenvalue weighted by Crippen LogP contribution is 2.07. The second-order valence-electron chi connectivity index (χ2n) is 2.75. The first kappa shape index (κ1) is 10.7. The van der Waals surface area contributed by atoms with Crippen LogP contribution in [0.4, 0.5) is 11.5 Å². The number of nitrogens with one attached hydrogen (secondary N) is 1. The summed E-state index contributed by atoms with van der Waals surface area (Å²) >= 11 is 0. The first-order valence-corrected chi connectivity index (χ1v) is 4.27. The lowest BCUT2D eigenvalue weighted by atomic mass is 10.4. The number of hydrogen-bond acceptors (Lipinski definition) is 5. The Morgan fingerprint density at radius 2 is 2.14 bits per heavy atom. The number of pyridine rings is 1. The summed E-state index contributed by atoms with van der Waals surface area (Å²) in [5.41, 5.74) is 6.33. The van der Waals surface area contributed by atoms with Crippen molar-refractivity contribution in [3.63, 3.8) is 0 Å². The van der Waals surface area contributed by atoms with E-state index in [1.807, 2.05) is 6.07 Å². The second-order valence-corrected chi connectivity index (χ2v) is 2.75. The molecule has 5 heteroatoms. The van der Waals surface area contributed by atoms with Crippen molar-refractivity contribution in [3.05, 3.63) is 18.3 Å². The van der Waals surface area contributed by atoms with Gasteiger partial charge in [0, 0.05) is 14.2 Å². The zero-order valence-electron chi connectivity index (χ0n) is 8.36. The summed E-state index contributed by atoms with van der Waals surface area (Å²) in [7, 11) is 3.19. The van der Waals surface area contributed by atoms with Crippen LogP contribution in [0.2, 0.25) is 0 Å². The van der Waals surface area contributed by atoms with E-state index in [-0.39, 0.29) is 6.29 Å². The van der Waals surface area contributed by atoms with Crippen LogP contribution < -0.4 is 11.1 Å². The molecule has 0 unspecified atom stereocenters. The standard InChI is InChI=1S/C9H15N3O2/c1-13-9(14-2)6-11-7-3-4-8(10)12-5-7/h3-5,9,11H,6H2,1-2H3,(H2,10,12). The Labute approximate surface area is 83.2 Å². The van der Waals surface area contributed by atoms with Crippen LogP contribution in [-0.4, -0.2) is 32.0 Å². The van der Waals surface area contributed by atoms with E-state index in [0.717, 1.165) is 5.69 Å². The lowest BCUT2D eigenvalue weighted by Crippen LogP contribution is -2.23. The van der Waals surface area contributed by atoms with Gasteiger partial charge in [0.25, 0.3) is 0 Å². The molecule has 0 atom stereocenters. The molecule has 1 aromatic heterocycles. The van der Waals surface area contributed by atoms with Gasteiger partial charge in [-0.3, -0.25) is 0 Å². The van der Waals surface area contributed by atoms with Crippen LogP contribution in [0.1, 0.15) is 0 Å². The molecule has 1 rings (SSSR count). The minimum absolute atomic E-state index is 0.257. The molecule has 0 aliphatic rings. The summed E-state index contributed by atoms with van der Waals surface area (Å²) in [5.74, 6) is 0.505. The molecule has 1 aromatic rings. The van der Waals surface area contributed by atoms with Crippen LogP contribution in [0.5, 0.6) is 0 Å². The van der Waals surface area contributed by atoms with Crippen molar-refractivity contribution >= 4 is 11.5 Å². The van der Waals surface area contributed by atoms with E-state index in [2.05, 4.69) is 10.3 Å². The summed E-state index contributed by atoms with van der Waals surface area (Å²) < 4.78 is 10.0. The minimum atomic E-state index is -0.257. The number of rotatable bonds is 5. The molecular weight excluding hydrogens is 182 g/mol. The maximum Gasteiger partial charge on any atom is 0.173 e. The summed E-state index contributed by atoms with van der Waals surface area (Å²) in [5, 5.41) is 3.11. The number of methoxy groups -OCH3 is 2. The second kappa shape index (κ2) is 5.41. The average Bonchev–Trinajstić information content (AvgIpc) is 2.22. The van der Waals surface area contributed by atoms with Crippen LogP contribution in [0, 0.1) is 0 Å². The van der Waals surface area contributed by atoms with Gasteiger partial charge >= 0.3 is 0 Å². The van der Waals surface area contributed by atoms with E-state index in [0.29, 0.717) is 12.4 Å². The third kappa shape index (κ3) is 3.20. The zero-order valence-corrected chi connectivity index (χ0v) is 8.36. The van der Waals surface area contributed by atoms with Crippen molar-refractivity contribution in [1.29, 1.82) is 0 Å². The molecule has 0 fully saturated rings. The number of aromatic nitrogens is 1. The highest BCUT2D eigenvalue weighted by Gasteiger charge is 2.03. The lowest BCUT2D eigenvalue weighted by molar-refractivity contribution is -0.0914. The van der Waals surface area contributed by atoms with Gasteiger partial charge in [0.15, 0.2) is 6.29 Å². The van der Waals surface area contributed by atoms with Crippen LogP contribution in [0.25, 0.3) is 0 Å². The highest BCUT2D eigenvalue weighted by atomic mass is 16.7. The van der Waals surface area contributed by atoms with E-state index in [4.69, 9.17) is 15.2 Å². The van der Waals surface area contributed by atoms with Crippen LogP contribution in [0.15, 0.2) is 18.3 Å². The Kier molecular flexibility index (Phi) is 4.15. The van der Waals surface area contributed by atoms with Gasteiger partial charge in [-0.15, -0.1) is 0 Å². The van der Waals surface area contributed by atoms with E-state index >= 15 is 0 Å². The Morgan fingerprint density at radius 3 is 2.64 bits per heavy atom. The number of nitrogens with zero attached hydrogens (tertiary/aromatic N) is 1. The molecule has 5 nitrogen and oxygen atoms in total. The lowest BCUT2D eigenvalue weighted by Gasteiger charge is -2.14. The van der Waals surface area contributed by atoms with E-state index in [1.165, 1.54) is 0 Å². The maximum absolute atomic E-state index is 5.45. The summed E-state index contributed by atoms with van der Waals surface area (Å²) in [6.45, 7) is 0.568. The molecule has 3 N–H and O–H groups in total. The first-order chi connectivity index (χ1) is 6.76. The maximum atomic E-state index is 5.45. The number of nitrogen functional groups attached to an aromatic ring is 1. The predicted octanol–water partition coefficient (Wildman–Crippen LogP) is 0.695. The Hall–Kier alpha value is -1.33. The fourth-order valence-electron chi connectivity index (χ4n) is 0.974. The average molecular weight is 197 g/mol. The number of hydrogen-bond donors (Lipinski definition) is 2. The molecule has 0 aromatic carbocycles. The molecule has 78 valence electrons.